The summed E-state index contributed by atoms with van der Waals surface area (Å²) >= 11 is 0. The summed E-state index contributed by atoms with van der Waals surface area (Å²) in [6.07, 6.45) is 7.99. The third-order valence-electron chi connectivity index (χ3n) is 3.58. The Balaban J connectivity index is 1.56. The van der Waals surface area contributed by atoms with Gasteiger partial charge in [0.15, 0.2) is 0 Å². The maximum absolute atomic E-state index is 9.50. The van der Waals surface area contributed by atoms with E-state index in [1.165, 1.54) is 32.1 Å². The first-order chi connectivity index (χ1) is 6.36. The highest BCUT2D eigenvalue weighted by Crippen LogP contribution is 2.32. The lowest BCUT2D eigenvalue weighted by molar-refractivity contribution is 0.116. The molecule has 2 fully saturated rings. The minimum absolute atomic E-state index is 0.179. The van der Waals surface area contributed by atoms with Crippen molar-refractivity contribution in [3.05, 3.63) is 0 Å². The van der Waals surface area contributed by atoms with E-state index in [9.17, 15) is 5.11 Å². The van der Waals surface area contributed by atoms with Gasteiger partial charge in [-0.15, -0.1) is 0 Å². The topological polar surface area (TPSA) is 29.5 Å². The lowest BCUT2D eigenvalue weighted by atomic mass is 9.81. The summed E-state index contributed by atoms with van der Waals surface area (Å²) in [7, 11) is 0. The van der Waals surface area contributed by atoms with Crippen LogP contribution in [0.1, 0.15) is 38.5 Å². The molecule has 2 unspecified atom stereocenters. The van der Waals surface area contributed by atoms with Crippen LogP contribution >= 0.6 is 0 Å². The second-order valence-corrected chi connectivity index (χ2v) is 4.59. The maximum Gasteiger partial charge on any atom is 0.0823 e. The number of aliphatic hydroxyl groups excluding tert-OH is 1. The Bertz CT molecular complexity index is 154. The van der Waals surface area contributed by atoms with Crippen molar-refractivity contribution in [2.24, 2.45) is 11.8 Å². The minimum atomic E-state index is -0.179. The third-order valence-corrected chi connectivity index (χ3v) is 3.58. The molecule has 2 nitrogen and oxygen atoms in total. The SMILES string of the molecule is OC1COCC1CCCC1CCC1. The molecule has 0 aromatic carbocycles. The molecule has 1 saturated heterocycles. The van der Waals surface area contributed by atoms with Crippen LogP contribution in [-0.4, -0.2) is 24.4 Å². The molecule has 0 radical (unpaired) electrons. The average molecular weight is 184 g/mol. The second kappa shape index (κ2) is 4.43. The molecular formula is C11H20O2. The summed E-state index contributed by atoms with van der Waals surface area (Å²) < 4.78 is 5.22. The van der Waals surface area contributed by atoms with Crippen LogP contribution in [0.2, 0.25) is 0 Å². The largest absolute Gasteiger partial charge is 0.390 e. The van der Waals surface area contributed by atoms with Crippen molar-refractivity contribution in [3.63, 3.8) is 0 Å². The highest BCUT2D eigenvalue weighted by molar-refractivity contribution is 4.75. The maximum atomic E-state index is 9.50. The molecule has 0 amide bonds. The van der Waals surface area contributed by atoms with Gasteiger partial charge in [0.2, 0.25) is 0 Å². The highest BCUT2D eigenvalue weighted by Gasteiger charge is 2.26. The summed E-state index contributed by atoms with van der Waals surface area (Å²) in [5.41, 5.74) is 0. The third kappa shape index (κ3) is 2.44. The Morgan fingerprint density at radius 3 is 2.54 bits per heavy atom. The molecule has 1 N–H and O–H groups in total. The van der Waals surface area contributed by atoms with Crippen molar-refractivity contribution in [1.29, 1.82) is 0 Å². The van der Waals surface area contributed by atoms with E-state index in [0.717, 1.165) is 18.9 Å². The van der Waals surface area contributed by atoms with Crippen LogP contribution in [0.15, 0.2) is 0 Å². The van der Waals surface area contributed by atoms with Crippen LogP contribution in [0.4, 0.5) is 0 Å². The minimum Gasteiger partial charge on any atom is -0.390 e. The number of rotatable bonds is 4. The van der Waals surface area contributed by atoms with Crippen molar-refractivity contribution in [2.45, 2.75) is 44.6 Å². The van der Waals surface area contributed by atoms with Gasteiger partial charge in [0.25, 0.3) is 0 Å². The predicted molar refractivity (Wildman–Crippen MR) is 51.5 cm³/mol. The number of hydrogen-bond acceptors (Lipinski definition) is 2. The lowest BCUT2D eigenvalue weighted by Crippen LogP contribution is -2.18. The molecule has 0 aromatic rings. The first-order valence-corrected chi connectivity index (χ1v) is 5.62. The normalized spacial score (nSPS) is 34.8. The Labute approximate surface area is 80.3 Å². The zero-order valence-corrected chi connectivity index (χ0v) is 8.24. The summed E-state index contributed by atoms with van der Waals surface area (Å²) in [4.78, 5) is 0. The van der Waals surface area contributed by atoms with Gasteiger partial charge in [-0.05, 0) is 12.3 Å². The molecule has 1 aliphatic carbocycles. The van der Waals surface area contributed by atoms with Crippen molar-refractivity contribution in [1.82, 2.24) is 0 Å². The van der Waals surface area contributed by atoms with Gasteiger partial charge in [0, 0.05) is 5.92 Å². The van der Waals surface area contributed by atoms with E-state index >= 15 is 0 Å². The van der Waals surface area contributed by atoms with Gasteiger partial charge in [-0.1, -0.05) is 32.1 Å². The van der Waals surface area contributed by atoms with Crippen LogP contribution in [0, 0.1) is 11.8 Å². The fourth-order valence-electron chi connectivity index (χ4n) is 2.31. The predicted octanol–water partition coefficient (Wildman–Crippen LogP) is 1.96. The average Bonchev–Trinajstić information content (AvgIpc) is 2.42. The quantitative estimate of drug-likeness (QED) is 0.723. The van der Waals surface area contributed by atoms with Crippen molar-refractivity contribution in [3.8, 4) is 0 Å². The Hall–Kier alpha value is -0.0800. The summed E-state index contributed by atoms with van der Waals surface area (Å²) in [6.45, 7) is 1.35. The van der Waals surface area contributed by atoms with Gasteiger partial charge in [0.1, 0.15) is 0 Å². The van der Waals surface area contributed by atoms with Gasteiger partial charge in [-0.3, -0.25) is 0 Å². The van der Waals surface area contributed by atoms with Gasteiger partial charge >= 0.3 is 0 Å². The molecule has 2 atom stereocenters. The molecular weight excluding hydrogens is 164 g/mol. The summed E-state index contributed by atoms with van der Waals surface area (Å²) in [6, 6.07) is 0. The number of aliphatic hydroxyl groups is 1. The molecule has 1 saturated carbocycles. The first kappa shape index (κ1) is 9.47. The lowest BCUT2D eigenvalue weighted by Gasteiger charge is -2.25. The highest BCUT2D eigenvalue weighted by atomic mass is 16.5. The van der Waals surface area contributed by atoms with Crippen LogP contribution < -0.4 is 0 Å². The van der Waals surface area contributed by atoms with Crippen molar-refractivity contribution in [2.75, 3.05) is 13.2 Å². The van der Waals surface area contributed by atoms with E-state index < -0.39 is 0 Å². The molecule has 0 bridgehead atoms. The van der Waals surface area contributed by atoms with Crippen LogP contribution in [0.3, 0.4) is 0 Å². The Morgan fingerprint density at radius 1 is 1.15 bits per heavy atom. The first-order valence-electron chi connectivity index (χ1n) is 5.62. The van der Waals surface area contributed by atoms with Gasteiger partial charge in [-0.25, -0.2) is 0 Å². The fourth-order valence-corrected chi connectivity index (χ4v) is 2.31. The van der Waals surface area contributed by atoms with E-state index in [0.29, 0.717) is 12.5 Å². The number of ether oxygens (including phenoxy) is 1. The van der Waals surface area contributed by atoms with E-state index in [-0.39, 0.29) is 6.10 Å². The number of hydrogen-bond donors (Lipinski definition) is 1. The van der Waals surface area contributed by atoms with Crippen molar-refractivity contribution >= 4 is 0 Å². The second-order valence-electron chi connectivity index (χ2n) is 4.59. The van der Waals surface area contributed by atoms with Crippen LogP contribution in [0.25, 0.3) is 0 Å². The molecule has 2 heteroatoms. The molecule has 0 spiro atoms. The van der Waals surface area contributed by atoms with Gasteiger partial charge < -0.3 is 9.84 Å². The van der Waals surface area contributed by atoms with E-state index in [1.807, 2.05) is 0 Å². The fraction of sp³-hybridized carbons (Fsp3) is 1.00. The Kier molecular flexibility index (Phi) is 3.23. The monoisotopic (exact) mass is 184 g/mol. The van der Waals surface area contributed by atoms with E-state index in [1.54, 1.807) is 0 Å². The zero-order valence-electron chi connectivity index (χ0n) is 8.24. The van der Waals surface area contributed by atoms with Gasteiger partial charge in [-0.2, -0.15) is 0 Å². The molecule has 2 rings (SSSR count). The molecule has 1 aliphatic heterocycles. The van der Waals surface area contributed by atoms with E-state index in [4.69, 9.17) is 4.74 Å². The molecule has 13 heavy (non-hydrogen) atoms. The Morgan fingerprint density at radius 2 is 2.00 bits per heavy atom. The molecule has 76 valence electrons. The molecule has 2 aliphatic rings. The van der Waals surface area contributed by atoms with Crippen LogP contribution in [0.5, 0.6) is 0 Å². The standard InChI is InChI=1S/C11H20O2/c12-11-8-13-7-10(11)6-2-5-9-3-1-4-9/h9-12H,1-8H2. The molecule has 0 aromatic heterocycles. The zero-order chi connectivity index (χ0) is 9.10. The van der Waals surface area contributed by atoms with Crippen LogP contribution in [-0.2, 0) is 4.74 Å². The molecule has 1 heterocycles. The summed E-state index contributed by atoms with van der Waals surface area (Å²) in [5, 5.41) is 9.50. The van der Waals surface area contributed by atoms with Crippen molar-refractivity contribution < 1.29 is 9.84 Å². The van der Waals surface area contributed by atoms with Gasteiger partial charge in [0.05, 0.1) is 19.3 Å². The van der Waals surface area contributed by atoms with E-state index in [2.05, 4.69) is 0 Å². The smallest absolute Gasteiger partial charge is 0.0823 e. The summed E-state index contributed by atoms with van der Waals surface area (Å²) in [5.74, 6) is 1.44.